The van der Waals surface area contributed by atoms with Crippen molar-refractivity contribution in [1.82, 2.24) is 9.88 Å². The average molecular weight is 319 g/mol. The minimum atomic E-state index is -0.458. The third kappa shape index (κ3) is 2.63. The molecule has 0 saturated carbocycles. The van der Waals surface area contributed by atoms with Crippen LogP contribution in [0.5, 0.6) is 0 Å². The molecule has 0 fully saturated rings. The van der Waals surface area contributed by atoms with Gasteiger partial charge < -0.3 is 4.74 Å². The summed E-state index contributed by atoms with van der Waals surface area (Å²) in [5.41, 5.74) is 0.522. The van der Waals surface area contributed by atoms with Gasteiger partial charge in [0.2, 0.25) is 0 Å². The van der Waals surface area contributed by atoms with Gasteiger partial charge in [-0.05, 0) is 43.6 Å². The van der Waals surface area contributed by atoms with Crippen LogP contribution in [0.2, 0.25) is 0 Å². The van der Waals surface area contributed by atoms with Crippen LogP contribution in [0.1, 0.15) is 44.3 Å². The SMILES string of the molecule is C[C@H]1c2nc(Br)sc2CN1C(=O)OC(C)(C)C. The van der Waals surface area contributed by atoms with Crippen molar-refractivity contribution >= 4 is 33.4 Å². The first-order chi connectivity index (χ1) is 7.78. The second-order valence-electron chi connectivity index (χ2n) is 5.06. The first kappa shape index (κ1) is 12.8. The molecular formula is C11H15BrN2O2S. The lowest BCUT2D eigenvalue weighted by Gasteiger charge is -2.26. The third-order valence-electron chi connectivity index (χ3n) is 2.51. The Bertz CT molecular complexity index is 453. The number of aromatic nitrogens is 1. The Morgan fingerprint density at radius 3 is 2.76 bits per heavy atom. The van der Waals surface area contributed by atoms with Crippen molar-refractivity contribution in [2.75, 3.05) is 0 Å². The van der Waals surface area contributed by atoms with E-state index in [0.717, 1.165) is 14.5 Å². The molecular weight excluding hydrogens is 304 g/mol. The van der Waals surface area contributed by atoms with Crippen molar-refractivity contribution in [2.24, 2.45) is 0 Å². The minimum absolute atomic E-state index is 0.0117. The third-order valence-corrected chi connectivity index (χ3v) is 4.01. The number of halogens is 1. The van der Waals surface area contributed by atoms with Crippen LogP contribution in [0.25, 0.3) is 0 Å². The summed E-state index contributed by atoms with van der Waals surface area (Å²) in [7, 11) is 0. The molecule has 0 unspecified atom stereocenters. The van der Waals surface area contributed by atoms with E-state index in [1.807, 2.05) is 27.7 Å². The number of fused-ring (bicyclic) bond motifs is 1. The number of carbonyl (C=O) groups excluding carboxylic acids is 1. The molecule has 17 heavy (non-hydrogen) atoms. The highest BCUT2D eigenvalue weighted by Crippen LogP contribution is 2.38. The molecule has 4 nitrogen and oxygen atoms in total. The topological polar surface area (TPSA) is 42.4 Å². The monoisotopic (exact) mass is 318 g/mol. The molecule has 1 aromatic rings. The van der Waals surface area contributed by atoms with Crippen molar-refractivity contribution in [1.29, 1.82) is 0 Å². The van der Waals surface area contributed by atoms with Crippen LogP contribution in [0.3, 0.4) is 0 Å². The number of carbonyl (C=O) groups is 1. The lowest BCUT2D eigenvalue weighted by atomic mass is 10.2. The van der Waals surface area contributed by atoms with E-state index < -0.39 is 5.60 Å². The highest BCUT2D eigenvalue weighted by Gasteiger charge is 2.36. The zero-order valence-corrected chi connectivity index (χ0v) is 12.7. The quantitative estimate of drug-likeness (QED) is 0.732. The second-order valence-corrected chi connectivity index (χ2v) is 7.42. The van der Waals surface area contributed by atoms with Gasteiger partial charge in [-0.3, -0.25) is 4.90 Å². The molecule has 2 heterocycles. The van der Waals surface area contributed by atoms with Gasteiger partial charge in [0.1, 0.15) is 5.60 Å². The molecule has 0 aliphatic carbocycles. The van der Waals surface area contributed by atoms with Crippen LogP contribution in [0.15, 0.2) is 3.92 Å². The van der Waals surface area contributed by atoms with Gasteiger partial charge in [-0.15, -0.1) is 11.3 Å². The van der Waals surface area contributed by atoms with E-state index >= 15 is 0 Å². The molecule has 1 aliphatic rings. The summed E-state index contributed by atoms with van der Waals surface area (Å²) in [4.78, 5) is 19.2. The van der Waals surface area contributed by atoms with Gasteiger partial charge in [0.15, 0.2) is 3.92 Å². The van der Waals surface area contributed by atoms with Gasteiger partial charge in [0.25, 0.3) is 0 Å². The number of hydrogen-bond donors (Lipinski definition) is 0. The van der Waals surface area contributed by atoms with Crippen LogP contribution in [-0.4, -0.2) is 21.6 Å². The van der Waals surface area contributed by atoms with Crippen LogP contribution in [0.4, 0.5) is 4.79 Å². The minimum Gasteiger partial charge on any atom is -0.444 e. The van der Waals surface area contributed by atoms with Gasteiger partial charge in [-0.1, -0.05) is 0 Å². The average Bonchev–Trinajstić information content (AvgIpc) is 2.63. The number of nitrogens with zero attached hydrogens (tertiary/aromatic N) is 2. The van der Waals surface area contributed by atoms with E-state index in [9.17, 15) is 4.79 Å². The largest absolute Gasteiger partial charge is 0.444 e. The summed E-state index contributed by atoms with van der Waals surface area (Å²) in [6.07, 6.45) is -0.272. The van der Waals surface area contributed by atoms with E-state index in [-0.39, 0.29) is 12.1 Å². The molecule has 6 heteroatoms. The summed E-state index contributed by atoms with van der Waals surface area (Å²) >= 11 is 4.94. The molecule has 0 saturated heterocycles. The Kier molecular flexibility index (Phi) is 3.20. The van der Waals surface area contributed by atoms with Crippen molar-refractivity contribution in [3.05, 3.63) is 14.5 Å². The maximum atomic E-state index is 12.0. The van der Waals surface area contributed by atoms with Gasteiger partial charge in [-0.2, -0.15) is 0 Å². The van der Waals surface area contributed by atoms with E-state index in [1.54, 1.807) is 16.2 Å². The van der Waals surface area contributed by atoms with E-state index in [4.69, 9.17) is 4.74 Å². The molecule has 94 valence electrons. The van der Waals surface area contributed by atoms with Crippen LogP contribution < -0.4 is 0 Å². The number of hydrogen-bond acceptors (Lipinski definition) is 4. The molecule has 0 N–H and O–H groups in total. The maximum Gasteiger partial charge on any atom is 0.411 e. The van der Waals surface area contributed by atoms with Gasteiger partial charge in [0.05, 0.1) is 23.2 Å². The number of rotatable bonds is 0. The lowest BCUT2D eigenvalue weighted by molar-refractivity contribution is 0.0186. The fourth-order valence-electron chi connectivity index (χ4n) is 1.76. The summed E-state index contributed by atoms with van der Waals surface area (Å²) in [5, 5.41) is 0. The molecule has 0 aromatic carbocycles. The van der Waals surface area contributed by atoms with Crippen molar-refractivity contribution in [2.45, 2.75) is 45.9 Å². The van der Waals surface area contributed by atoms with E-state index in [0.29, 0.717) is 6.54 Å². The second kappa shape index (κ2) is 4.24. The molecule has 1 atom stereocenters. The number of ether oxygens (including phenoxy) is 1. The highest BCUT2D eigenvalue weighted by atomic mass is 79.9. The van der Waals surface area contributed by atoms with Gasteiger partial charge in [-0.25, -0.2) is 9.78 Å². The van der Waals surface area contributed by atoms with Crippen LogP contribution >= 0.6 is 27.3 Å². The predicted octanol–water partition coefficient (Wildman–Crippen LogP) is 3.72. The van der Waals surface area contributed by atoms with Crippen molar-refractivity contribution in [3.8, 4) is 0 Å². The van der Waals surface area contributed by atoms with E-state index in [1.165, 1.54) is 0 Å². The van der Waals surface area contributed by atoms with Crippen LogP contribution in [-0.2, 0) is 11.3 Å². The first-order valence-electron chi connectivity index (χ1n) is 5.42. The Labute approximate surface area is 113 Å². The molecule has 2 rings (SSSR count). The molecule has 0 spiro atoms. The summed E-state index contributed by atoms with van der Waals surface area (Å²) in [5.74, 6) is 0. The zero-order valence-electron chi connectivity index (χ0n) is 10.3. The first-order valence-corrected chi connectivity index (χ1v) is 7.03. The highest BCUT2D eigenvalue weighted by molar-refractivity contribution is 9.11. The Morgan fingerprint density at radius 1 is 1.59 bits per heavy atom. The lowest BCUT2D eigenvalue weighted by Crippen LogP contribution is -2.35. The molecule has 0 bridgehead atoms. The molecule has 0 radical (unpaired) electrons. The van der Waals surface area contributed by atoms with Crippen molar-refractivity contribution < 1.29 is 9.53 Å². The maximum absolute atomic E-state index is 12.0. The Morgan fingerprint density at radius 2 is 2.24 bits per heavy atom. The van der Waals surface area contributed by atoms with Crippen molar-refractivity contribution in [3.63, 3.8) is 0 Å². The molecule has 1 aliphatic heterocycles. The Hall–Kier alpha value is -0.620. The summed E-state index contributed by atoms with van der Waals surface area (Å²) in [6.45, 7) is 8.18. The predicted molar refractivity (Wildman–Crippen MR) is 70.0 cm³/mol. The smallest absolute Gasteiger partial charge is 0.411 e. The standard InChI is InChI=1S/C11H15BrN2O2S/c1-6-8-7(17-9(12)13-8)5-14(6)10(15)16-11(2,3)4/h6H,5H2,1-4H3/t6-/m0/s1. The number of amides is 1. The van der Waals surface area contributed by atoms with E-state index in [2.05, 4.69) is 20.9 Å². The number of thiazole rings is 1. The van der Waals surface area contributed by atoms with Gasteiger partial charge >= 0.3 is 6.09 Å². The Balaban J connectivity index is 2.12. The fraction of sp³-hybridized carbons (Fsp3) is 0.636. The zero-order chi connectivity index (χ0) is 12.8. The molecule has 1 amide bonds. The fourth-order valence-corrected chi connectivity index (χ4v) is 3.40. The summed E-state index contributed by atoms with van der Waals surface area (Å²) in [6, 6.07) is -0.0117. The van der Waals surface area contributed by atoms with Gasteiger partial charge in [0, 0.05) is 0 Å². The summed E-state index contributed by atoms with van der Waals surface area (Å²) < 4.78 is 6.25. The molecule has 1 aromatic heterocycles. The van der Waals surface area contributed by atoms with Crippen LogP contribution in [0, 0.1) is 0 Å². The normalized spacial score (nSPS) is 19.4.